The highest BCUT2D eigenvalue weighted by molar-refractivity contribution is 5.77. The van der Waals surface area contributed by atoms with Crippen LogP contribution >= 0.6 is 0 Å². The lowest BCUT2D eigenvalue weighted by molar-refractivity contribution is 0.261. The molecule has 1 aliphatic heterocycles. The highest BCUT2D eigenvalue weighted by atomic mass is 19.2. The average molecular weight is 471 g/mol. The number of fused-ring (bicyclic) bond motifs is 2. The maximum absolute atomic E-state index is 14.0. The molecule has 0 unspecified atom stereocenters. The molecular weight excluding hydrogens is 442 g/mol. The van der Waals surface area contributed by atoms with Crippen molar-refractivity contribution in [1.82, 2.24) is 29.6 Å². The third-order valence-electron chi connectivity index (χ3n) is 6.32. The molecule has 0 radical (unpaired) electrons. The van der Waals surface area contributed by atoms with Gasteiger partial charge in [-0.15, -0.1) is 0 Å². The van der Waals surface area contributed by atoms with Gasteiger partial charge in [0.2, 0.25) is 5.95 Å². The number of H-pyrrole nitrogens is 1. The lowest BCUT2D eigenvalue weighted by Gasteiger charge is -2.35. The molecule has 4 heterocycles. The predicted octanol–water partition coefficient (Wildman–Crippen LogP) is 3.59. The van der Waals surface area contributed by atoms with Crippen LogP contribution in [0.15, 0.2) is 18.5 Å². The summed E-state index contributed by atoms with van der Waals surface area (Å²) in [6.07, 6.45) is 5.54. The van der Waals surface area contributed by atoms with Gasteiger partial charge in [-0.3, -0.25) is 0 Å². The van der Waals surface area contributed by atoms with Gasteiger partial charge in [0.1, 0.15) is 23.2 Å². The Kier molecular flexibility index (Phi) is 6.03. The lowest BCUT2D eigenvalue weighted by atomic mass is 10.00. The second kappa shape index (κ2) is 9.13. The molecule has 1 saturated heterocycles. The normalized spacial score (nSPS) is 16.8. The standard InChI is InChI=1S/C23H28F2N8O/c1-13(2)19-21-22(31-23(30-19)32-9-4-3-5-14(32)8-10-34)26-12-33(21)27-11-17-28-16-7-6-15(24)18(25)20(16)29-17/h6-7,12-14,27,34H,3-5,8-11H2,1-2H3,(H,28,29)/t14-/m0/s1. The Balaban J connectivity index is 1.45. The first-order chi connectivity index (χ1) is 16.5. The number of nitrogens with zero attached hydrogens (tertiary/aromatic N) is 6. The maximum Gasteiger partial charge on any atom is 0.228 e. The topological polar surface area (TPSA) is 108 Å². The molecule has 1 fully saturated rings. The van der Waals surface area contributed by atoms with Crippen LogP contribution in [0.3, 0.4) is 0 Å². The van der Waals surface area contributed by atoms with E-state index in [9.17, 15) is 13.9 Å². The number of hydrogen-bond donors (Lipinski definition) is 3. The summed E-state index contributed by atoms with van der Waals surface area (Å²) in [7, 11) is 0. The molecule has 0 amide bonds. The Hall–Kier alpha value is -3.34. The number of nitrogens with one attached hydrogen (secondary N) is 2. The Labute approximate surface area is 195 Å². The monoisotopic (exact) mass is 470 g/mol. The molecule has 3 aromatic heterocycles. The second-order valence-electron chi connectivity index (χ2n) is 8.98. The first-order valence-electron chi connectivity index (χ1n) is 11.6. The highest BCUT2D eigenvalue weighted by Crippen LogP contribution is 2.29. The van der Waals surface area contributed by atoms with Gasteiger partial charge in [-0.2, -0.15) is 4.98 Å². The summed E-state index contributed by atoms with van der Waals surface area (Å²) in [6.45, 7) is 5.38. The number of aliphatic hydroxyl groups excluding tert-OH is 1. The first-order valence-corrected chi connectivity index (χ1v) is 11.6. The minimum atomic E-state index is -0.965. The van der Waals surface area contributed by atoms with Crippen LogP contribution in [0.2, 0.25) is 0 Å². The molecule has 180 valence electrons. The van der Waals surface area contributed by atoms with Crippen molar-refractivity contribution in [2.24, 2.45) is 0 Å². The third kappa shape index (κ3) is 4.04. The van der Waals surface area contributed by atoms with Crippen molar-refractivity contribution in [3.63, 3.8) is 0 Å². The van der Waals surface area contributed by atoms with Crippen molar-refractivity contribution in [2.75, 3.05) is 23.5 Å². The summed E-state index contributed by atoms with van der Waals surface area (Å²) in [6, 6.07) is 2.76. The van der Waals surface area contributed by atoms with E-state index in [1.54, 1.807) is 11.0 Å². The maximum atomic E-state index is 14.0. The first kappa shape index (κ1) is 22.5. The number of imidazole rings is 2. The minimum absolute atomic E-state index is 0.0258. The molecule has 4 aromatic rings. The van der Waals surface area contributed by atoms with Crippen LogP contribution in [0.5, 0.6) is 0 Å². The van der Waals surface area contributed by atoms with E-state index in [0.29, 0.717) is 29.4 Å². The van der Waals surface area contributed by atoms with E-state index < -0.39 is 11.6 Å². The molecule has 11 heteroatoms. The molecule has 0 bridgehead atoms. The smallest absolute Gasteiger partial charge is 0.228 e. The van der Waals surface area contributed by atoms with Gasteiger partial charge in [0.25, 0.3) is 0 Å². The highest BCUT2D eigenvalue weighted by Gasteiger charge is 2.26. The zero-order valence-electron chi connectivity index (χ0n) is 19.2. The molecule has 1 aromatic carbocycles. The fourth-order valence-electron chi connectivity index (χ4n) is 4.62. The third-order valence-corrected chi connectivity index (χ3v) is 6.32. The van der Waals surface area contributed by atoms with Crippen molar-refractivity contribution in [3.05, 3.63) is 41.6 Å². The number of hydrogen-bond acceptors (Lipinski definition) is 7. The van der Waals surface area contributed by atoms with Crippen LogP contribution in [-0.2, 0) is 6.54 Å². The average Bonchev–Trinajstić information content (AvgIpc) is 3.44. The van der Waals surface area contributed by atoms with E-state index in [0.717, 1.165) is 43.1 Å². The van der Waals surface area contributed by atoms with Crippen LogP contribution in [0, 0.1) is 11.6 Å². The Morgan fingerprint density at radius 3 is 2.85 bits per heavy atom. The van der Waals surface area contributed by atoms with E-state index in [1.807, 2.05) is 0 Å². The van der Waals surface area contributed by atoms with E-state index >= 15 is 0 Å². The molecule has 5 rings (SSSR count). The van der Waals surface area contributed by atoms with Gasteiger partial charge in [-0.05, 0) is 43.7 Å². The van der Waals surface area contributed by atoms with Gasteiger partial charge in [0, 0.05) is 19.2 Å². The van der Waals surface area contributed by atoms with Gasteiger partial charge in [-0.1, -0.05) is 13.8 Å². The van der Waals surface area contributed by atoms with Gasteiger partial charge < -0.3 is 20.4 Å². The van der Waals surface area contributed by atoms with E-state index in [2.05, 4.69) is 39.1 Å². The second-order valence-corrected chi connectivity index (χ2v) is 8.98. The van der Waals surface area contributed by atoms with Crippen LogP contribution < -0.4 is 10.3 Å². The number of rotatable bonds is 7. The number of aromatic amines is 1. The van der Waals surface area contributed by atoms with Crippen molar-refractivity contribution in [2.45, 2.75) is 58.0 Å². The zero-order chi connectivity index (χ0) is 23.8. The number of aromatic nitrogens is 6. The van der Waals surface area contributed by atoms with Crippen LogP contribution in [-0.4, -0.2) is 53.9 Å². The lowest BCUT2D eigenvalue weighted by Crippen LogP contribution is -2.41. The van der Waals surface area contributed by atoms with E-state index in [-0.39, 0.29) is 30.6 Å². The molecular formula is C23H28F2N8O. The number of benzene rings is 1. The van der Waals surface area contributed by atoms with Gasteiger partial charge in [-0.25, -0.2) is 28.4 Å². The summed E-state index contributed by atoms with van der Waals surface area (Å²) in [5.74, 6) is -0.665. The number of piperidine rings is 1. The Morgan fingerprint density at radius 2 is 2.06 bits per heavy atom. The van der Waals surface area contributed by atoms with Crippen molar-refractivity contribution in [1.29, 1.82) is 0 Å². The van der Waals surface area contributed by atoms with E-state index in [1.165, 1.54) is 6.07 Å². The van der Waals surface area contributed by atoms with Crippen molar-refractivity contribution < 1.29 is 13.9 Å². The zero-order valence-corrected chi connectivity index (χ0v) is 19.2. The van der Waals surface area contributed by atoms with Gasteiger partial charge >= 0.3 is 0 Å². The van der Waals surface area contributed by atoms with E-state index in [4.69, 9.17) is 9.97 Å². The molecule has 0 aliphatic carbocycles. The van der Waals surface area contributed by atoms with Crippen LogP contribution in [0.4, 0.5) is 14.7 Å². The minimum Gasteiger partial charge on any atom is -0.396 e. The molecule has 1 aliphatic rings. The summed E-state index contributed by atoms with van der Waals surface area (Å²) < 4.78 is 29.3. The number of anilines is 1. The molecule has 0 spiro atoms. The molecule has 1 atom stereocenters. The Bertz CT molecular complexity index is 1320. The number of halogens is 2. The van der Waals surface area contributed by atoms with Gasteiger partial charge in [0.05, 0.1) is 17.8 Å². The summed E-state index contributed by atoms with van der Waals surface area (Å²) >= 11 is 0. The summed E-state index contributed by atoms with van der Waals surface area (Å²) in [5, 5.41) is 9.49. The summed E-state index contributed by atoms with van der Waals surface area (Å²) in [4.78, 5) is 23.6. The van der Waals surface area contributed by atoms with Crippen LogP contribution in [0.1, 0.15) is 57.0 Å². The van der Waals surface area contributed by atoms with Gasteiger partial charge in [0.15, 0.2) is 17.3 Å². The van der Waals surface area contributed by atoms with Crippen molar-refractivity contribution in [3.8, 4) is 0 Å². The molecule has 0 saturated carbocycles. The molecule has 9 nitrogen and oxygen atoms in total. The number of aliphatic hydroxyl groups is 1. The summed E-state index contributed by atoms with van der Waals surface area (Å²) in [5.41, 5.74) is 5.83. The fraction of sp³-hybridized carbons (Fsp3) is 0.478. The van der Waals surface area contributed by atoms with Crippen molar-refractivity contribution >= 4 is 28.1 Å². The molecule has 3 N–H and O–H groups in total. The Morgan fingerprint density at radius 1 is 1.21 bits per heavy atom. The molecule has 34 heavy (non-hydrogen) atoms. The SMILES string of the molecule is CC(C)c1nc(N2CCCC[C@H]2CCO)nc2ncn(NCc3nc4c(F)c(F)ccc4[nH]3)c12. The fourth-order valence-corrected chi connectivity index (χ4v) is 4.62. The largest absolute Gasteiger partial charge is 0.396 e. The predicted molar refractivity (Wildman–Crippen MR) is 125 cm³/mol. The quantitative estimate of drug-likeness (QED) is 0.379. The van der Waals surface area contributed by atoms with Crippen LogP contribution in [0.25, 0.3) is 22.2 Å².